The molecule has 1 unspecified atom stereocenters. The highest BCUT2D eigenvalue weighted by Crippen LogP contribution is 2.40. The van der Waals surface area contributed by atoms with Gasteiger partial charge >= 0.3 is 0 Å². The topological polar surface area (TPSA) is 65.7 Å². The van der Waals surface area contributed by atoms with Crippen molar-refractivity contribution >= 4 is 33.6 Å². The van der Waals surface area contributed by atoms with E-state index in [1.54, 1.807) is 21.3 Å². The molecule has 0 aliphatic carbocycles. The molecule has 1 N–H and O–H groups in total. The summed E-state index contributed by atoms with van der Waals surface area (Å²) in [6, 6.07) is 17.9. The fourth-order valence-electron chi connectivity index (χ4n) is 4.32. The Hall–Kier alpha value is -2.62. The molecule has 4 rings (SSSR count). The first-order valence-electron chi connectivity index (χ1n) is 11.6. The Balaban J connectivity index is 1.93. The first-order chi connectivity index (χ1) is 16.9. The standard InChI is InChI=1S/C28H31IN2O4/c1-17(2)18-10-12-19(13-11-18)28-30-25-24(29)21(27(32)20-8-6-7-9-22(20)34-4)16-23(35-5)26(25)31(28)14-15-33-3/h6-13,16-17,27,32H,14-15H2,1-5H3. The van der Waals surface area contributed by atoms with E-state index in [1.165, 1.54) is 5.56 Å². The maximum Gasteiger partial charge on any atom is 0.145 e. The molecule has 7 heteroatoms. The summed E-state index contributed by atoms with van der Waals surface area (Å²) in [4.78, 5) is 5.08. The SMILES string of the molecule is COCCn1c(-c2ccc(C(C)C)cc2)nc2c(I)c(C(O)c3ccccc3OC)cc(OC)c21. The van der Waals surface area contributed by atoms with E-state index >= 15 is 0 Å². The van der Waals surface area contributed by atoms with Gasteiger partial charge in [0, 0.05) is 33.9 Å². The molecule has 0 spiro atoms. The first kappa shape index (κ1) is 25.5. The van der Waals surface area contributed by atoms with E-state index in [2.05, 4.69) is 65.3 Å². The van der Waals surface area contributed by atoms with Gasteiger partial charge < -0.3 is 23.9 Å². The minimum atomic E-state index is -0.894. The van der Waals surface area contributed by atoms with Gasteiger partial charge in [-0.2, -0.15) is 0 Å². The second-order valence-electron chi connectivity index (χ2n) is 8.68. The monoisotopic (exact) mass is 586 g/mol. The largest absolute Gasteiger partial charge is 0.496 e. The number of ether oxygens (including phenoxy) is 3. The van der Waals surface area contributed by atoms with E-state index in [0.29, 0.717) is 36.1 Å². The van der Waals surface area contributed by atoms with Crippen molar-refractivity contribution in [2.75, 3.05) is 27.9 Å². The number of aromatic nitrogens is 2. The molecule has 0 radical (unpaired) electrons. The molecule has 1 atom stereocenters. The fraction of sp³-hybridized carbons (Fsp3) is 0.321. The summed E-state index contributed by atoms with van der Waals surface area (Å²) in [6.07, 6.45) is -0.894. The van der Waals surface area contributed by atoms with Crippen LogP contribution >= 0.6 is 22.6 Å². The number of fused-ring (bicyclic) bond motifs is 1. The lowest BCUT2D eigenvalue weighted by Gasteiger charge is -2.18. The Bertz CT molecular complexity index is 1320. The number of imidazole rings is 1. The average molecular weight is 586 g/mol. The zero-order valence-corrected chi connectivity index (χ0v) is 22.9. The van der Waals surface area contributed by atoms with Gasteiger partial charge in [-0.05, 0) is 46.2 Å². The lowest BCUT2D eigenvalue weighted by atomic mass is 9.99. The first-order valence-corrected chi connectivity index (χ1v) is 12.7. The molecule has 35 heavy (non-hydrogen) atoms. The quantitative estimate of drug-likeness (QED) is 0.238. The Morgan fingerprint density at radius 1 is 0.943 bits per heavy atom. The van der Waals surface area contributed by atoms with Crippen molar-refractivity contribution in [3.63, 3.8) is 0 Å². The molecule has 3 aromatic carbocycles. The highest BCUT2D eigenvalue weighted by molar-refractivity contribution is 14.1. The summed E-state index contributed by atoms with van der Waals surface area (Å²) in [7, 11) is 4.94. The zero-order valence-electron chi connectivity index (χ0n) is 20.7. The van der Waals surface area contributed by atoms with Crippen LogP contribution in [0.2, 0.25) is 0 Å². The van der Waals surface area contributed by atoms with Crippen molar-refractivity contribution in [3.05, 3.63) is 74.9 Å². The number of methoxy groups -OCH3 is 3. The molecule has 6 nitrogen and oxygen atoms in total. The van der Waals surface area contributed by atoms with Gasteiger partial charge in [-0.15, -0.1) is 0 Å². The maximum atomic E-state index is 11.4. The number of rotatable bonds is 9. The molecule has 0 aliphatic heterocycles. The van der Waals surface area contributed by atoms with E-state index in [0.717, 1.165) is 31.6 Å². The molecular weight excluding hydrogens is 555 g/mol. The molecule has 0 amide bonds. The van der Waals surface area contributed by atoms with Gasteiger partial charge in [0.25, 0.3) is 0 Å². The summed E-state index contributed by atoms with van der Waals surface area (Å²) in [5, 5.41) is 11.4. The third kappa shape index (κ3) is 4.90. The minimum absolute atomic E-state index is 0.455. The fourth-order valence-corrected chi connectivity index (χ4v) is 5.14. The summed E-state index contributed by atoms with van der Waals surface area (Å²) in [6.45, 7) is 5.53. The van der Waals surface area contributed by atoms with Crippen LogP contribution in [0.3, 0.4) is 0 Å². The van der Waals surface area contributed by atoms with Gasteiger partial charge in [0.05, 0.1) is 20.8 Å². The number of hydrogen-bond donors (Lipinski definition) is 1. The second kappa shape index (κ2) is 11.0. The number of aliphatic hydroxyl groups excluding tert-OH is 1. The van der Waals surface area contributed by atoms with Crippen molar-refractivity contribution in [1.29, 1.82) is 0 Å². The van der Waals surface area contributed by atoms with Gasteiger partial charge in [-0.25, -0.2) is 4.98 Å². The van der Waals surface area contributed by atoms with E-state index in [1.807, 2.05) is 30.3 Å². The van der Waals surface area contributed by atoms with E-state index < -0.39 is 6.10 Å². The lowest BCUT2D eigenvalue weighted by molar-refractivity contribution is 0.188. The summed E-state index contributed by atoms with van der Waals surface area (Å²) in [5.74, 6) is 2.58. The van der Waals surface area contributed by atoms with Crippen molar-refractivity contribution in [1.82, 2.24) is 9.55 Å². The van der Waals surface area contributed by atoms with E-state index in [-0.39, 0.29) is 0 Å². The van der Waals surface area contributed by atoms with E-state index in [9.17, 15) is 5.11 Å². The van der Waals surface area contributed by atoms with Crippen LogP contribution in [-0.2, 0) is 11.3 Å². The number of benzene rings is 3. The maximum absolute atomic E-state index is 11.4. The van der Waals surface area contributed by atoms with Crippen molar-refractivity contribution in [2.24, 2.45) is 0 Å². The smallest absolute Gasteiger partial charge is 0.145 e. The molecule has 4 aromatic rings. The minimum Gasteiger partial charge on any atom is -0.496 e. The van der Waals surface area contributed by atoms with Gasteiger partial charge in [0.1, 0.15) is 34.5 Å². The molecular formula is C28H31IN2O4. The van der Waals surface area contributed by atoms with Crippen molar-refractivity contribution in [3.8, 4) is 22.9 Å². The Morgan fingerprint density at radius 2 is 1.63 bits per heavy atom. The summed E-state index contributed by atoms with van der Waals surface area (Å²) in [5.41, 5.74) is 5.38. The van der Waals surface area contributed by atoms with Gasteiger partial charge in [-0.1, -0.05) is 56.3 Å². The Kier molecular flexibility index (Phi) is 7.98. The van der Waals surface area contributed by atoms with Gasteiger partial charge in [-0.3, -0.25) is 0 Å². The molecule has 1 heterocycles. The van der Waals surface area contributed by atoms with Crippen LogP contribution in [-0.4, -0.2) is 42.6 Å². The van der Waals surface area contributed by atoms with Gasteiger partial charge in [0.15, 0.2) is 0 Å². The Labute approximate surface area is 220 Å². The van der Waals surface area contributed by atoms with E-state index in [4.69, 9.17) is 19.2 Å². The molecule has 0 fully saturated rings. The van der Waals surface area contributed by atoms with Crippen molar-refractivity contribution in [2.45, 2.75) is 32.4 Å². The highest BCUT2D eigenvalue weighted by Gasteiger charge is 2.25. The molecule has 0 saturated carbocycles. The van der Waals surface area contributed by atoms with Crippen LogP contribution < -0.4 is 9.47 Å². The average Bonchev–Trinajstić information content (AvgIpc) is 3.27. The Morgan fingerprint density at radius 3 is 2.26 bits per heavy atom. The number of para-hydroxylation sites is 1. The van der Waals surface area contributed by atoms with Crippen LogP contribution in [0.1, 0.15) is 42.6 Å². The van der Waals surface area contributed by atoms with Crippen LogP contribution in [0.4, 0.5) is 0 Å². The third-order valence-electron chi connectivity index (χ3n) is 6.25. The number of nitrogens with zero attached hydrogens (tertiary/aromatic N) is 2. The zero-order chi connectivity index (χ0) is 25.1. The van der Waals surface area contributed by atoms with Crippen LogP contribution in [0.15, 0.2) is 54.6 Å². The summed E-state index contributed by atoms with van der Waals surface area (Å²) < 4.78 is 19.8. The van der Waals surface area contributed by atoms with Gasteiger partial charge in [0.2, 0.25) is 0 Å². The number of hydrogen-bond acceptors (Lipinski definition) is 5. The second-order valence-corrected chi connectivity index (χ2v) is 9.76. The lowest BCUT2D eigenvalue weighted by Crippen LogP contribution is -2.08. The molecule has 0 saturated heterocycles. The molecule has 0 aliphatic rings. The van der Waals surface area contributed by atoms with Crippen LogP contribution in [0.5, 0.6) is 11.5 Å². The number of halogens is 1. The van der Waals surface area contributed by atoms with Crippen molar-refractivity contribution < 1.29 is 19.3 Å². The molecule has 184 valence electrons. The number of aliphatic hydroxyl groups is 1. The normalized spacial score (nSPS) is 12.3. The van der Waals surface area contributed by atoms with Crippen LogP contribution in [0.25, 0.3) is 22.4 Å². The predicted molar refractivity (Wildman–Crippen MR) is 147 cm³/mol. The molecule has 1 aromatic heterocycles. The van der Waals surface area contributed by atoms with Crippen LogP contribution in [0, 0.1) is 3.57 Å². The summed E-state index contributed by atoms with van der Waals surface area (Å²) >= 11 is 2.28. The third-order valence-corrected chi connectivity index (χ3v) is 7.39. The predicted octanol–water partition coefficient (Wildman–Crippen LogP) is 6.18. The highest BCUT2D eigenvalue weighted by atomic mass is 127. The molecule has 0 bridgehead atoms.